The Bertz CT molecular complexity index is 334. The Morgan fingerprint density at radius 2 is 1.81 bits per heavy atom. The fourth-order valence-corrected chi connectivity index (χ4v) is 1.62. The summed E-state index contributed by atoms with van der Waals surface area (Å²) >= 11 is 0. The highest BCUT2D eigenvalue weighted by atomic mass is 15.1. The second-order valence-electron chi connectivity index (χ2n) is 4.67. The van der Waals surface area contributed by atoms with Crippen molar-refractivity contribution in [3.8, 4) is 0 Å². The second-order valence-corrected chi connectivity index (χ2v) is 4.67. The Morgan fingerprint density at radius 1 is 1.12 bits per heavy atom. The first-order valence-electron chi connectivity index (χ1n) is 5.68. The summed E-state index contributed by atoms with van der Waals surface area (Å²) in [7, 11) is 6.34. The van der Waals surface area contributed by atoms with Crippen molar-refractivity contribution in [3.63, 3.8) is 0 Å². The largest absolute Gasteiger partial charge is 0.399 e. The maximum Gasteiger partial charge on any atom is 0.0346 e. The van der Waals surface area contributed by atoms with E-state index in [1.165, 1.54) is 11.1 Å². The van der Waals surface area contributed by atoms with Crippen LogP contribution in [0.5, 0.6) is 0 Å². The van der Waals surface area contributed by atoms with Gasteiger partial charge in [0.2, 0.25) is 0 Å². The first-order valence-corrected chi connectivity index (χ1v) is 5.68. The molecule has 90 valence electrons. The summed E-state index contributed by atoms with van der Waals surface area (Å²) in [6.45, 7) is 5.20. The van der Waals surface area contributed by atoms with Crippen LogP contribution < -0.4 is 5.73 Å². The van der Waals surface area contributed by atoms with E-state index in [2.05, 4.69) is 43.9 Å². The molecule has 0 saturated carbocycles. The Balaban J connectivity index is 2.56. The van der Waals surface area contributed by atoms with E-state index < -0.39 is 0 Å². The van der Waals surface area contributed by atoms with Crippen molar-refractivity contribution in [2.24, 2.45) is 0 Å². The lowest BCUT2D eigenvalue weighted by Gasteiger charge is -2.20. The summed E-state index contributed by atoms with van der Waals surface area (Å²) in [6.07, 6.45) is 0. The maximum atomic E-state index is 5.89. The van der Waals surface area contributed by atoms with Gasteiger partial charge in [0, 0.05) is 25.3 Å². The lowest BCUT2D eigenvalue weighted by Crippen LogP contribution is -2.28. The first-order chi connectivity index (χ1) is 7.50. The van der Waals surface area contributed by atoms with Gasteiger partial charge in [-0.15, -0.1) is 0 Å². The zero-order chi connectivity index (χ0) is 12.1. The predicted molar refractivity (Wildman–Crippen MR) is 70.5 cm³/mol. The molecule has 3 nitrogen and oxygen atoms in total. The number of hydrogen-bond donors (Lipinski definition) is 1. The summed E-state index contributed by atoms with van der Waals surface area (Å²) in [6, 6.07) is 6.13. The first kappa shape index (κ1) is 13.0. The van der Waals surface area contributed by atoms with Gasteiger partial charge >= 0.3 is 0 Å². The van der Waals surface area contributed by atoms with Gasteiger partial charge in [-0.3, -0.25) is 0 Å². The van der Waals surface area contributed by atoms with Crippen molar-refractivity contribution in [3.05, 3.63) is 29.3 Å². The van der Waals surface area contributed by atoms with Gasteiger partial charge in [0.1, 0.15) is 0 Å². The van der Waals surface area contributed by atoms with Gasteiger partial charge in [-0.1, -0.05) is 12.1 Å². The third-order valence-corrected chi connectivity index (χ3v) is 2.86. The Kier molecular flexibility index (Phi) is 4.77. The van der Waals surface area contributed by atoms with Crippen LogP contribution in [-0.4, -0.2) is 44.0 Å². The molecule has 16 heavy (non-hydrogen) atoms. The summed E-state index contributed by atoms with van der Waals surface area (Å²) < 4.78 is 0. The van der Waals surface area contributed by atoms with Gasteiger partial charge in [0.15, 0.2) is 0 Å². The highest BCUT2D eigenvalue weighted by Crippen LogP contribution is 2.16. The Hall–Kier alpha value is -1.06. The quantitative estimate of drug-likeness (QED) is 0.766. The van der Waals surface area contributed by atoms with Crippen LogP contribution in [0.1, 0.15) is 11.1 Å². The molecule has 1 rings (SSSR count). The summed E-state index contributed by atoms with van der Waals surface area (Å²) in [4.78, 5) is 4.52. The minimum Gasteiger partial charge on any atom is -0.399 e. The van der Waals surface area contributed by atoms with E-state index in [9.17, 15) is 0 Å². The number of nitrogen functional groups attached to an aromatic ring is 1. The summed E-state index contributed by atoms with van der Waals surface area (Å²) in [5.41, 5.74) is 9.31. The van der Waals surface area contributed by atoms with Crippen molar-refractivity contribution in [1.82, 2.24) is 9.80 Å². The smallest absolute Gasteiger partial charge is 0.0346 e. The molecule has 0 spiro atoms. The summed E-state index contributed by atoms with van der Waals surface area (Å²) in [5, 5.41) is 0. The van der Waals surface area contributed by atoms with Gasteiger partial charge < -0.3 is 15.5 Å². The van der Waals surface area contributed by atoms with Gasteiger partial charge in [-0.2, -0.15) is 0 Å². The van der Waals surface area contributed by atoms with Crippen LogP contribution >= 0.6 is 0 Å². The standard InChI is InChI=1S/C13H23N3/c1-11-12(6-5-7-13(11)14)10-16(4)9-8-15(2)3/h5-7H,8-10,14H2,1-4H3. The molecule has 1 aromatic rings. The van der Waals surface area contributed by atoms with E-state index in [4.69, 9.17) is 5.73 Å². The number of likely N-dealkylation sites (N-methyl/N-ethyl adjacent to an activating group) is 2. The van der Waals surface area contributed by atoms with Crippen molar-refractivity contribution in [1.29, 1.82) is 0 Å². The molecule has 0 heterocycles. The van der Waals surface area contributed by atoms with Crippen LogP contribution in [-0.2, 0) is 6.54 Å². The van der Waals surface area contributed by atoms with E-state index in [1.807, 2.05) is 12.1 Å². The SMILES string of the molecule is Cc1c(N)cccc1CN(C)CCN(C)C. The molecule has 0 atom stereocenters. The molecule has 0 unspecified atom stereocenters. The fourth-order valence-electron chi connectivity index (χ4n) is 1.62. The van der Waals surface area contributed by atoms with Crippen LogP contribution in [0.15, 0.2) is 18.2 Å². The number of nitrogens with zero attached hydrogens (tertiary/aromatic N) is 2. The zero-order valence-electron chi connectivity index (χ0n) is 10.8. The molecule has 0 saturated heterocycles. The molecule has 0 aliphatic heterocycles. The molecule has 0 aliphatic rings. The van der Waals surface area contributed by atoms with Crippen LogP contribution in [0.4, 0.5) is 5.69 Å². The molecule has 0 aromatic heterocycles. The molecule has 0 radical (unpaired) electrons. The fraction of sp³-hybridized carbons (Fsp3) is 0.538. The van der Waals surface area contributed by atoms with Gasteiger partial charge in [-0.25, -0.2) is 0 Å². The van der Waals surface area contributed by atoms with Crippen LogP contribution in [0.3, 0.4) is 0 Å². The molecule has 0 fully saturated rings. The molecule has 3 heteroatoms. The van der Waals surface area contributed by atoms with Crippen LogP contribution in [0, 0.1) is 6.92 Å². The molecule has 0 aliphatic carbocycles. The van der Waals surface area contributed by atoms with Gasteiger partial charge in [0.25, 0.3) is 0 Å². The highest BCUT2D eigenvalue weighted by Gasteiger charge is 2.05. The second kappa shape index (κ2) is 5.87. The third kappa shape index (κ3) is 3.83. The Morgan fingerprint density at radius 3 is 2.44 bits per heavy atom. The minimum atomic E-state index is 0.888. The Labute approximate surface area is 98.8 Å². The van der Waals surface area contributed by atoms with Crippen molar-refractivity contribution in [2.75, 3.05) is 40.0 Å². The predicted octanol–water partition coefficient (Wildman–Crippen LogP) is 1.57. The van der Waals surface area contributed by atoms with E-state index in [-0.39, 0.29) is 0 Å². The minimum absolute atomic E-state index is 0.888. The van der Waals surface area contributed by atoms with Crippen molar-refractivity contribution in [2.45, 2.75) is 13.5 Å². The molecule has 0 bridgehead atoms. The van der Waals surface area contributed by atoms with E-state index in [1.54, 1.807) is 0 Å². The van der Waals surface area contributed by atoms with Crippen molar-refractivity contribution < 1.29 is 0 Å². The van der Waals surface area contributed by atoms with Gasteiger partial charge in [-0.05, 0) is 45.3 Å². The number of anilines is 1. The van der Waals surface area contributed by atoms with Crippen LogP contribution in [0.2, 0.25) is 0 Å². The number of benzene rings is 1. The average molecular weight is 221 g/mol. The monoisotopic (exact) mass is 221 g/mol. The normalized spacial score (nSPS) is 11.4. The number of rotatable bonds is 5. The lowest BCUT2D eigenvalue weighted by molar-refractivity contribution is 0.276. The van der Waals surface area contributed by atoms with E-state index >= 15 is 0 Å². The van der Waals surface area contributed by atoms with E-state index in [0.29, 0.717) is 0 Å². The number of hydrogen-bond acceptors (Lipinski definition) is 3. The molecular formula is C13H23N3. The summed E-state index contributed by atoms with van der Waals surface area (Å²) in [5.74, 6) is 0. The van der Waals surface area contributed by atoms with E-state index in [0.717, 1.165) is 25.3 Å². The molecular weight excluding hydrogens is 198 g/mol. The number of nitrogens with two attached hydrogens (primary N) is 1. The lowest BCUT2D eigenvalue weighted by atomic mass is 10.1. The highest BCUT2D eigenvalue weighted by molar-refractivity contribution is 5.49. The van der Waals surface area contributed by atoms with Crippen molar-refractivity contribution >= 4 is 5.69 Å². The zero-order valence-corrected chi connectivity index (χ0v) is 10.8. The van der Waals surface area contributed by atoms with Crippen LogP contribution in [0.25, 0.3) is 0 Å². The average Bonchev–Trinajstić information content (AvgIpc) is 2.22. The third-order valence-electron chi connectivity index (χ3n) is 2.86. The molecule has 0 amide bonds. The maximum absolute atomic E-state index is 5.89. The molecule has 2 N–H and O–H groups in total. The topological polar surface area (TPSA) is 32.5 Å². The van der Waals surface area contributed by atoms with Gasteiger partial charge in [0.05, 0.1) is 0 Å². The molecule has 1 aromatic carbocycles.